The zero-order valence-electron chi connectivity index (χ0n) is 19.0. The second-order valence-corrected chi connectivity index (χ2v) is 8.34. The van der Waals surface area contributed by atoms with Crippen LogP contribution in [0.2, 0.25) is 0 Å². The standard InChI is InChI=1S/C28H17F3N4O2/c29-28(30,31)17-11-12-25(35-16-32-21-8-3-4-9-24(21)35)22(14-17)34-27(36)19-15-23(26-10-5-13-37-26)33-20-7-2-1-6-18(19)20/h1-16H,(H,34,36). The number of pyridine rings is 1. The monoisotopic (exact) mass is 498 g/mol. The quantitative estimate of drug-likeness (QED) is 0.281. The van der Waals surface area contributed by atoms with E-state index in [1.54, 1.807) is 59.2 Å². The van der Waals surface area contributed by atoms with Crippen molar-refractivity contribution in [2.75, 3.05) is 5.32 Å². The van der Waals surface area contributed by atoms with Crippen LogP contribution in [-0.4, -0.2) is 20.4 Å². The number of carbonyl (C=O) groups is 1. The normalized spacial score (nSPS) is 11.8. The van der Waals surface area contributed by atoms with Crippen molar-refractivity contribution in [3.63, 3.8) is 0 Å². The predicted octanol–water partition coefficient (Wildman–Crippen LogP) is 7.10. The molecular weight excluding hydrogens is 481 g/mol. The number of nitrogens with one attached hydrogen (secondary N) is 1. The fourth-order valence-electron chi connectivity index (χ4n) is 4.28. The van der Waals surface area contributed by atoms with E-state index in [9.17, 15) is 18.0 Å². The Morgan fingerprint density at radius 3 is 2.46 bits per heavy atom. The molecule has 0 bridgehead atoms. The number of hydrogen-bond acceptors (Lipinski definition) is 4. The van der Waals surface area contributed by atoms with Crippen molar-refractivity contribution in [2.24, 2.45) is 0 Å². The van der Waals surface area contributed by atoms with Crippen molar-refractivity contribution in [1.82, 2.24) is 14.5 Å². The Balaban J connectivity index is 1.49. The fourth-order valence-corrected chi connectivity index (χ4v) is 4.28. The first-order valence-corrected chi connectivity index (χ1v) is 11.3. The molecule has 37 heavy (non-hydrogen) atoms. The molecule has 0 fully saturated rings. The topological polar surface area (TPSA) is 73.0 Å². The van der Waals surface area contributed by atoms with Gasteiger partial charge < -0.3 is 9.73 Å². The first-order valence-electron chi connectivity index (χ1n) is 11.3. The molecule has 182 valence electrons. The van der Waals surface area contributed by atoms with Gasteiger partial charge in [-0.3, -0.25) is 9.36 Å². The Bertz CT molecular complexity index is 1770. The Labute approximate surface area is 208 Å². The van der Waals surface area contributed by atoms with Crippen LogP contribution in [0, 0.1) is 0 Å². The lowest BCUT2D eigenvalue weighted by Crippen LogP contribution is -2.16. The highest BCUT2D eigenvalue weighted by atomic mass is 19.4. The molecule has 3 heterocycles. The van der Waals surface area contributed by atoms with Gasteiger partial charge in [0, 0.05) is 5.39 Å². The molecule has 0 aliphatic heterocycles. The molecule has 6 aromatic rings. The number of furan rings is 1. The zero-order valence-corrected chi connectivity index (χ0v) is 19.0. The SMILES string of the molecule is O=C(Nc1cc(C(F)(F)F)ccc1-n1cnc2ccccc21)c1cc(-c2ccco2)nc2ccccc12. The third-order valence-electron chi connectivity index (χ3n) is 6.02. The Kier molecular flexibility index (Phi) is 5.26. The van der Waals surface area contributed by atoms with Crippen molar-refractivity contribution < 1.29 is 22.4 Å². The maximum atomic E-state index is 13.6. The lowest BCUT2D eigenvalue weighted by Gasteiger charge is -2.16. The molecular formula is C28H17F3N4O2. The molecule has 6 rings (SSSR count). The fraction of sp³-hybridized carbons (Fsp3) is 0.0357. The molecule has 0 unspecified atom stereocenters. The highest BCUT2D eigenvalue weighted by Gasteiger charge is 2.31. The molecule has 3 aromatic carbocycles. The maximum Gasteiger partial charge on any atom is 0.416 e. The van der Waals surface area contributed by atoms with E-state index in [-0.39, 0.29) is 11.3 Å². The van der Waals surface area contributed by atoms with Gasteiger partial charge in [0.05, 0.1) is 45.3 Å². The number of benzene rings is 3. The molecule has 6 nitrogen and oxygen atoms in total. The van der Waals surface area contributed by atoms with Crippen LogP contribution >= 0.6 is 0 Å². The summed E-state index contributed by atoms with van der Waals surface area (Å²) in [7, 11) is 0. The van der Waals surface area contributed by atoms with Crippen LogP contribution in [-0.2, 0) is 6.18 Å². The summed E-state index contributed by atoms with van der Waals surface area (Å²) in [6.45, 7) is 0. The highest BCUT2D eigenvalue weighted by Crippen LogP contribution is 2.35. The Hall–Kier alpha value is -4.92. The van der Waals surface area contributed by atoms with E-state index >= 15 is 0 Å². The van der Waals surface area contributed by atoms with Crippen LogP contribution in [0.5, 0.6) is 0 Å². The molecule has 9 heteroatoms. The lowest BCUT2D eigenvalue weighted by atomic mass is 10.1. The van der Waals surface area contributed by atoms with Crippen molar-refractivity contribution in [3.8, 4) is 17.1 Å². The predicted molar refractivity (Wildman–Crippen MR) is 133 cm³/mol. The summed E-state index contributed by atoms with van der Waals surface area (Å²) in [5, 5.41) is 3.26. The van der Waals surface area contributed by atoms with E-state index < -0.39 is 17.6 Å². The number of alkyl halides is 3. The van der Waals surface area contributed by atoms with E-state index in [0.29, 0.717) is 39.1 Å². The number of imidazole rings is 1. The van der Waals surface area contributed by atoms with Gasteiger partial charge in [0.25, 0.3) is 5.91 Å². The zero-order chi connectivity index (χ0) is 25.6. The van der Waals surface area contributed by atoms with E-state index in [0.717, 1.165) is 12.1 Å². The van der Waals surface area contributed by atoms with Crippen LogP contribution in [0.1, 0.15) is 15.9 Å². The summed E-state index contributed by atoms with van der Waals surface area (Å²) in [5.74, 6) is -0.124. The van der Waals surface area contributed by atoms with Crippen LogP contribution in [0.3, 0.4) is 0 Å². The number of para-hydroxylation sites is 3. The number of rotatable bonds is 4. The van der Waals surface area contributed by atoms with Gasteiger partial charge in [-0.25, -0.2) is 9.97 Å². The molecule has 0 atom stereocenters. The van der Waals surface area contributed by atoms with Gasteiger partial charge in [0.1, 0.15) is 12.0 Å². The van der Waals surface area contributed by atoms with Gasteiger partial charge in [0.2, 0.25) is 0 Å². The number of fused-ring (bicyclic) bond motifs is 2. The Morgan fingerprint density at radius 2 is 1.68 bits per heavy atom. The number of hydrogen-bond donors (Lipinski definition) is 1. The molecule has 0 spiro atoms. The minimum atomic E-state index is -4.59. The largest absolute Gasteiger partial charge is 0.463 e. The summed E-state index contributed by atoms with van der Waals surface area (Å²) in [4.78, 5) is 22.5. The van der Waals surface area contributed by atoms with Gasteiger partial charge in [-0.15, -0.1) is 0 Å². The second kappa shape index (κ2) is 8.63. The number of carbonyl (C=O) groups excluding carboxylic acids is 1. The number of nitrogens with zero attached hydrogens (tertiary/aromatic N) is 3. The first kappa shape index (κ1) is 22.5. The first-order chi connectivity index (χ1) is 17.9. The van der Waals surface area contributed by atoms with Crippen molar-refractivity contribution in [1.29, 1.82) is 0 Å². The van der Waals surface area contributed by atoms with Crippen LogP contribution in [0.4, 0.5) is 18.9 Å². The Morgan fingerprint density at radius 1 is 0.892 bits per heavy atom. The van der Waals surface area contributed by atoms with Crippen LogP contribution in [0.25, 0.3) is 39.1 Å². The highest BCUT2D eigenvalue weighted by molar-refractivity contribution is 6.13. The lowest BCUT2D eigenvalue weighted by molar-refractivity contribution is -0.137. The van der Waals surface area contributed by atoms with E-state index in [4.69, 9.17) is 4.42 Å². The van der Waals surface area contributed by atoms with E-state index in [1.165, 1.54) is 18.7 Å². The van der Waals surface area contributed by atoms with Gasteiger partial charge in [-0.2, -0.15) is 13.2 Å². The van der Waals surface area contributed by atoms with Gasteiger partial charge in [-0.05, 0) is 54.6 Å². The third kappa shape index (κ3) is 4.10. The molecule has 3 aromatic heterocycles. The minimum absolute atomic E-state index is 0.0107. The van der Waals surface area contributed by atoms with E-state index in [1.807, 2.05) is 12.1 Å². The summed E-state index contributed by atoms with van der Waals surface area (Å²) >= 11 is 0. The summed E-state index contributed by atoms with van der Waals surface area (Å²) < 4.78 is 48.0. The molecule has 0 saturated carbocycles. The van der Waals surface area contributed by atoms with Crippen LogP contribution < -0.4 is 5.32 Å². The molecule has 0 aliphatic carbocycles. The average Bonchev–Trinajstić information content (AvgIpc) is 3.58. The third-order valence-corrected chi connectivity index (χ3v) is 6.02. The number of amides is 1. The minimum Gasteiger partial charge on any atom is -0.463 e. The van der Waals surface area contributed by atoms with Crippen molar-refractivity contribution in [3.05, 3.63) is 109 Å². The smallest absolute Gasteiger partial charge is 0.416 e. The average molecular weight is 498 g/mol. The molecule has 0 radical (unpaired) electrons. The molecule has 0 saturated heterocycles. The van der Waals surface area contributed by atoms with Gasteiger partial charge >= 0.3 is 6.18 Å². The van der Waals surface area contributed by atoms with Gasteiger partial charge in [-0.1, -0.05) is 30.3 Å². The number of aromatic nitrogens is 3. The summed E-state index contributed by atoms with van der Waals surface area (Å²) in [6, 6.07) is 22.5. The maximum absolute atomic E-state index is 13.6. The molecule has 0 aliphatic rings. The van der Waals surface area contributed by atoms with Crippen molar-refractivity contribution in [2.45, 2.75) is 6.18 Å². The molecule has 1 amide bonds. The second-order valence-electron chi connectivity index (χ2n) is 8.34. The number of anilines is 1. The summed E-state index contributed by atoms with van der Waals surface area (Å²) in [6.07, 6.45) is -1.58. The molecule has 1 N–H and O–H groups in total. The van der Waals surface area contributed by atoms with Crippen molar-refractivity contribution >= 4 is 33.5 Å². The summed E-state index contributed by atoms with van der Waals surface area (Å²) in [5.41, 5.74) is 2.03. The number of halogens is 3. The van der Waals surface area contributed by atoms with E-state index in [2.05, 4.69) is 15.3 Å². The van der Waals surface area contributed by atoms with Crippen LogP contribution in [0.15, 0.2) is 102 Å². The van der Waals surface area contributed by atoms with Gasteiger partial charge in [0.15, 0.2) is 5.76 Å².